The summed E-state index contributed by atoms with van der Waals surface area (Å²) in [7, 11) is 3.10. The van der Waals surface area contributed by atoms with Crippen molar-refractivity contribution in [1.82, 2.24) is 15.4 Å². The van der Waals surface area contributed by atoms with Gasteiger partial charge in [-0.15, -0.1) is 0 Å². The zero-order valence-corrected chi connectivity index (χ0v) is 18.5. The number of nitrogens with zero attached hydrogens (tertiary/aromatic N) is 2. The summed E-state index contributed by atoms with van der Waals surface area (Å²) in [6.07, 6.45) is 0.0945. The zero-order chi connectivity index (χ0) is 23.6. The van der Waals surface area contributed by atoms with Crippen LogP contribution in [0.1, 0.15) is 22.5 Å². The number of hydrogen-bond donors (Lipinski definition) is 1. The van der Waals surface area contributed by atoms with Crippen molar-refractivity contribution in [3.63, 3.8) is 0 Å². The van der Waals surface area contributed by atoms with Gasteiger partial charge in [0.1, 0.15) is 11.6 Å². The Balaban J connectivity index is 1.60. The maximum atomic E-state index is 13.0. The normalized spacial score (nSPS) is 10.6. The van der Waals surface area contributed by atoms with E-state index in [0.29, 0.717) is 24.7 Å². The van der Waals surface area contributed by atoms with E-state index in [-0.39, 0.29) is 42.8 Å². The van der Waals surface area contributed by atoms with Crippen LogP contribution in [0.3, 0.4) is 0 Å². The Morgan fingerprint density at radius 3 is 2.61 bits per heavy atom. The van der Waals surface area contributed by atoms with Crippen molar-refractivity contribution >= 4 is 11.8 Å². The molecule has 0 atom stereocenters. The largest absolute Gasteiger partial charge is 0.497 e. The lowest BCUT2D eigenvalue weighted by Gasteiger charge is -2.21. The molecular formula is C24H26FN3O5. The summed E-state index contributed by atoms with van der Waals surface area (Å²) in [4.78, 5) is 26.8. The number of aromatic nitrogens is 1. The average molecular weight is 455 g/mol. The Morgan fingerprint density at radius 1 is 1.09 bits per heavy atom. The molecule has 174 valence electrons. The van der Waals surface area contributed by atoms with E-state index in [1.165, 1.54) is 24.1 Å². The van der Waals surface area contributed by atoms with Crippen LogP contribution in [-0.2, 0) is 16.1 Å². The number of rotatable bonds is 11. The molecule has 0 bridgehead atoms. The summed E-state index contributed by atoms with van der Waals surface area (Å²) in [5.74, 6) is 0.161. The molecule has 1 aromatic heterocycles. The first-order valence-electron chi connectivity index (χ1n) is 10.4. The number of benzene rings is 2. The van der Waals surface area contributed by atoms with E-state index in [1.807, 2.05) is 12.1 Å². The van der Waals surface area contributed by atoms with Crippen LogP contribution in [0.4, 0.5) is 4.39 Å². The summed E-state index contributed by atoms with van der Waals surface area (Å²) in [6, 6.07) is 14.7. The van der Waals surface area contributed by atoms with Gasteiger partial charge < -0.3 is 24.2 Å². The molecule has 0 aliphatic carbocycles. The summed E-state index contributed by atoms with van der Waals surface area (Å²) in [5, 5.41) is 6.68. The van der Waals surface area contributed by atoms with Gasteiger partial charge in [-0.1, -0.05) is 29.4 Å². The van der Waals surface area contributed by atoms with Crippen molar-refractivity contribution in [3.8, 4) is 17.1 Å². The second kappa shape index (κ2) is 11.8. The van der Waals surface area contributed by atoms with E-state index < -0.39 is 0 Å². The molecule has 33 heavy (non-hydrogen) atoms. The molecule has 1 N–H and O–H groups in total. The van der Waals surface area contributed by atoms with Gasteiger partial charge in [-0.2, -0.15) is 0 Å². The molecule has 3 rings (SSSR count). The fourth-order valence-corrected chi connectivity index (χ4v) is 3.09. The Hall–Kier alpha value is -3.72. The third kappa shape index (κ3) is 6.88. The van der Waals surface area contributed by atoms with E-state index in [2.05, 4.69) is 10.5 Å². The average Bonchev–Trinajstić information content (AvgIpc) is 3.34. The lowest BCUT2D eigenvalue weighted by atomic mass is 10.1. The van der Waals surface area contributed by atoms with Crippen molar-refractivity contribution in [3.05, 3.63) is 71.7 Å². The number of hydrogen-bond acceptors (Lipinski definition) is 6. The topological polar surface area (TPSA) is 93.9 Å². The Bertz CT molecular complexity index is 1070. The van der Waals surface area contributed by atoms with E-state index >= 15 is 0 Å². The predicted octanol–water partition coefficient (Wildman–Crippen LogP) is 3.28. The molecule has 2 amide bonds. The highest BCUT2D eigenvalue weighted by molar-refractivity contribution is 5.93. The molecule has 1 heterocycles. The number of carbonyl (C=O) groups is 2. The Kier molecular flexibility index (Phi) is 8.54. The number of carbonyl (C=O) groups excluding carboxylic acids is 2. The second-order valence-corrected chi connectivity index (χ2v) is 7.25. The van der Waals surface area contributed by atoms with Crippen LogP contribution in [0.25, 0.3) is 11.3 Å². The lowest BCUT2D eigenvalue weighted by molar-refractivity contribution is -0.121. The molecule has 0 radical (unpaired) electrons. The third-order valence-electron chi connectivity index (χ3n) is 4.95. The van der Waals surface area contributed by atoms with E-state index in [0.717, 1.165) is 11.1 Å². The van der Waals surface area contributed by atoms with Crippen molar-refractivity contribution in [2.45, 2.75) is 13.0 Å². The minimum atomic E-state index is -0.365. The maximum absolute atomic E-state index is 13.0. The van der Waals surface area contributed by atoms with Gasteiger partial charge in [-0.3, -0.25) is 9.59 Å². The Morgan fingerprint density at radius 2 is 1.88 bits per heavy atom. The van der Waals surface area contributed by atoms with Crippen LogP contribution in [0.2, 0.25) is 0 Å². The first-order valence-corrected chi connectivity index (χ1v) is 10.4. The second-order valence-electron chi connectivity index (χ2n) is 7.25. The van der Waals surface area contributed by atoms with E-state index in [1.54, 1.807) is 37.4 Å². The quantitative estimate of drug-likeness (QED) is 0.477. The maximum Gasteiger partial charge on any atom is 0.276 e. The number of nitrogens with one attached hydrogen (secondary N) is 1. The summed E-state index contributed by atoms with van der Waals surface area (Å²) in [5.41, 5.74) is 1.64. The van der Waals surface area contributed by atoms with Crippen LogP contribution < -0.4 is 10.1 Å². The standard InChI is InChI=1S/C24H26FN3O5/c1-31-13-12-28(11-10-23(29)26-16-17-6-8-19(25)9-7-17)24(30)21-15-22(33-27-21)18-4-3-5-20(14-18)32-2/h3-9,14-15H,10-13,16H2,1-2H3,(H,26,29). The van der Waals surface area contributed by atoms with Crippen LogP contribution in [-0.4, -0.2) is 55.8 Å². The van der Waals surface area contributed by atoms with Crippen LogP contribution in [0.15, 0.2) is 59.1 Å². The SMILES string of the molecule is COCCN(CCC(=O)NCc1ccc(F)cc1)C(=O)c1cc(-c2cccc(OC)c2)on1. The molecule has 0 aliphatic rings. The van der Waals surface area contributed by atoms with Gasteiger partial charge in [0, 0.05) is 44.8 Å². The van der Waals surface area contributed by atoms with Crippen molar-refractivity contribution in [2.75, 3.05) is 33.9 Å². The number of ether oxygens (including phenoxy) is 2. The molecule has 0 spiro atoms. The molecule has 0 aliphatic heterocycles. The number of methoxy groups -OCH3 is 2. The first-order chi connectivity index (χ1) is 16.0. The van der Waals surface area contributed by atoms with Crippen LogP contribution in [0.5, 0.6) is 5.75 Å². The highest BCUT2D eigenvalue weighted by Gasteiger charge is 2.21. The molecule has 2 aromatic carbocycles. The highest BCUT2D eigenvalue weighted by atomic mass is 19.1. The van der Waals surface area contributed by atoms with Gasteiger partial charge in [-0.25, -0.2) is 4.39 Å². The molecule has 3 aromatic rings. The fraction of sp³-hybridized carbons (Fsp3) is 0.292. The molecular weight excluding hydrogens is 429 g/mol. The van der Waals surface area contributed by atoms with Gasteiger partial charge in [-0.05, 0) is 29.8 Å². The monoisotopic (exact) mass is 455 g/mol. The zero-order valence-electron chi connectivity index (χ0n) is 18.5. The number of amides is 2. The van der Waals surface area contributed by atoms with Crippen LogP contribution in [0, 0.1) is 5.82 Å². The van der Waals surface area contributed by atoms with E-state index in [9.17, 15) is 14.0 Å². The summed E-state index contributed by atoms with van der Waals surface area (Å²) >= 11 is 0. The first kappa shape index (κ1) is 23.9. The summed E-state index contributed by atoms with van der Waals surface area (Å²) in [6.45, 7) is 1.06. The summed E-state index contributed by atoms with van der Waals surface area (Å²) < 4.78 is 28.7. The van der Waals surface area contributed by atoms with Crippen molar-refractivity contribution < 1.29 is 28.0 Å². The van der Waals surface area contributed by atoms with Crippen molar-refractivity contribution in [2.24, 2.45) is 0 Å². The van der Waals surface area contributed by atoms with Gasteiger partial charge >= 0.3 is 0 Å². The lowest BCUT2D eigenvalue weighted by Crippen LogP contribution is -2.37. The van der Waals surface area contributed by atoms with Gasteiger partial charge in [0.25, 0.3) is 5.91 Å². The highest BCUT2D eigenvalue weighted by Crippen LogP contribution is 2.24. The van der Waals surface area contributed by atoms with Gasteiger partial charge in [0.05, 0.1) is 13.7 Å². The molecule has 0 saturated carbocycles. The fourth-order valence-electron chi connectivity index (χ4n) is 3.09. The molecule has 8 nitrogen and oxygen atoms in total. The van der Waals surface area contributed by atoms with Gasteiger partial charge in [0.15, 0.2) is 11.5 Å². The molecule has 9 heteroatoms. The number of halogens is 1. The minimum absolute atomic E-state index is 0.0945. The smallest absolute Gasteiger partial charge is 0.276 e. The molecule has 0 saturated heterocycles. The molecule has 0 unspecified atom stereocenters. The van der Waals surface area contributed by atoms with E-state index in [4.69, 9.17) is 14.0 Å². The van der Waals surface area contributed by atoms with Crippen LogP contribution >= 0.6 is 0 Å². The Labute approximate surface area is 191 Å². The predicted molar refractivity (Wildman–Crippen MR) is 119 cm³/mol. The van der Waals surface area contributed by atoms with Crippen molar-refractivity contribution in [1.29, 1.82) is 0 Å². The third-order valence-corrected chi connectivity index (χ3v) is 4.95. The van der Waals surface area contributed by atoms with Gasteiger partial charge in [0.2, 0.25) is 5.91 Å². The molecule has 0 fully saturated rings. The minimum Gasteiger partial charge on any atom is -0.497 e.